The summed E-state index contributed by atoms with van der Waals surface area (Å²) in [5.41, 5.74) is 2.05. The van der Waals surface area contributed by atoms with Crippen molar-refractivity contribution >= 4 is 14.0 Å². The highest BCUT2D eigenvalue weighted by atomic mass is 31.1. The number of fused-ring (bicyclic) bond motifs is 3. The fraction of sp³-hybridized carbons (Fsp3) is 0.500. The zero-order chi connectivity index (χ0) is 10.5. The van der Waals surface area contributed by atoms with Gasteiger partial charge in [0.2, 0.25) is 0 Å². The van der Waals surface area contributed by atoms with E-state index in [1.807, 2.05) is 0 Å². The van der Waals surface area contributed by atoms with Crippen LogP contribution >= 0.6 is 8.20 Å². The lowest BCUT2D eigenvalue weighted by atomic mass is 9.75. The van der Waals surface area contributed by atoms with Gasteiger partial charge in [-0.25, -0.2) is 0 Å². The van der Waals surface area contributed by atoms with Crippen LogP contribution in [0.4, 0.5) is 0 Å². The van der Waals surface area contributed by atoms with Gasteiger partial charge >= 0.3 is 0 Å². The number of allylic oxidation sites excluding steroid dienone is 6. The normalized spacial score (nSPS) is 40.9. The van der Waals surface area contributed by atoms with Crippen molar-refractivity contribution in [1.82, 2.24) is 0 Å². The summed E-state index contributed by atoms with van der Waals surface area (Å²) in [6.45, 7) is 4.83. The average molecular weight is 216 g/mol. The Hall–Kier alpha value is -0.610. The van der Waals surface area contributed by atoms with Crippen LogP contribution in [0.15, 0.2) is 36.0 Å². The molecule has 1 heterocycles. The molecule has 1 aliphatic heterocycles. The highest BCUT2D eigenvalue weighted by Crippen LogP contribution is 2.57. The molecule has 0 bridgehead atoms. The third-order valence-electron chi connectivity index (χ3n) is 4.28. The van der Waals surface area contributed by atoms with Crippen LogP contribution < -0.4 is 0 Å². The first-order valence-corrected chi connectivity index (χ1v) is 6.91. The van der Waals surface area contributed by atoms with Crippen molar-refractivity contribution in [3.05, 3.63) is 36.0 Å². The molecule has 1 fully saturated rings. The Morgan fingerprint density at radius 2 is 2.07 bits per heavy atom. The van der Waals surface area contributed by atoms with E-state index in [4.69, 9.17) is 0 Å². The molecule has 3 aliphatic rings. The predicted octanol–water partition coefficient (Wildman–Crippen LogP) is 3.69. The van der Waals surface area contributed by atoms with Crippen molar-refractivity contribution in [3.63, 3.8) is 0 Å². The summed E-state index contributed by atoms with van der Waals surface area (Å²) in [5, 5.41) is 0. The van der Waals surface area contributed by atoms with E-state index in [0.717, 1.165) is 17.8 Å². The highest BCUT2D eigenvalue weighted by molar-refractivity contribution is 7.39. The van der Waals surface area contributed by atoms with Crippen LogP contribution in [-0.4, -0.2) is 12.0 Å². The van der Waals surface area contributed by atoms with Crippen LogP contribution in [0.1, 0.15) is 13.8 Å². The molecule has 0 aromatic rings. The van der Waals surface area contributed by atoms with Crippen molar-refractivity contribution in [3.8, 4) is 0 Å². The van der Waals surface area contributed by atoms with Crippen molar-refractivity contribution in [1.29, 1.82) is 0 Å². The third-order valence-corrected chi connectivity index (χ3v) is 5.24. The zero-order valence-electron chi connectivity index (χ0n) is 9.35. The summed E-state index contributed by atoms with van der Waals surface area (Å²) in [4.78, 5) is 0. The molecule has 3 atom stereocenters. The SMILES string of the molecule is CC1(C)C2=CC=PCC2C2C=CC=CC21. The summed E-state index contributed by atoms with van der Waals surface area (Å²) < 4.78 is 0. The lowest BCUT2D eigenvalue weighted by Gasteiger charge is -2.29. The summed E-state index contributed by atoms with van der Waals surface area (Å²) in [7, 11) is 1.50. The van der Waals surface area contributed by atoms with E-state index < -0.39 is 0 Å². The van der Waals surface area contributed by atoms with Gasteiger partial charge in [-0.05, 0) is 35.1 Å². The molecule has 1 saturated carbocycles. The number of hydrogen-bond acceptors (Lipinski definition) is 0. The monoisotopic (exact) mass is 216 g/mol. The molecule has 15 heavy (non-hydrogen) atoms. The Morgan fingerprint density at radius 1 is 1.27 bits per heavy atom. The van der Waals surface area contributed by atoms with E-state index in [0.29, 0.717) is 5.41 Å². The molecule has 78 valence electrons. The van der Waals surface area contributed by atoms with Crippen molar-refractivity contribution in [2.45, 2.75) is 13.8 Å². The van der Waals surface area contributed by atoms with E-state index in [-0.39, 0.29) is 0 Å². The Morgan fingerprint density at radius 3 is 2.93 bits per heavy atom. The molecule has 2 aliphatic carbocycles. The topological polar surface area (TPSA) is 0 Å². The van der Waals surface area contributed by atoms with E-state index in [2.05, 4.69) is 50.0 Å². The molecule has 0 N–H and O–H groups in total. The molecule has 0 aromatic heterocycles. The maximum absolute atomic E-state index is 2.43. The molecule has 0 spiro atoms. The molecule has 0 nitrogen and oxygen atoms in total. The Balaban J connectivity index is 2.10. The van der Waals surface area contributed by atoms with Gasteiger partial charge in [-0.15, -0.1) is 8.20 Å². The Kier molecular flexibility index (Phi) is 2.04. The second-order valence-corrected chi connectivity index (χ2v) is 6.37. The van der Waals surface area contributed by atoms with Gasteiger partial charge in [0.25, 0.3) is 0 Å². The molecule has 3 unspecified atom stereocenters. The lowest BCUT2D eigenvalue weighted by Crippen LogP contribution is -2.21. The summed E-state index contributed by atoms with van der Waals surface area (Å²) >= 11 is 0. The molecule has 0 aromatic carbocycles. The van der Waals surface area contributed by atoms with E-state index >= 15 is 0 Å². The smallest absolute Gasteiger partial charge is 0.00344 e. The summed E-state index contributed by atoms with van der Waals surface area (Å²) in [6, 6.07) is 0. The van der Waals surface area contributed by atoms with Crippen LogP contribution in [-0.2, 0) is 0 Å². The predicted molar refractivity (Wildman–Crippen MR) is 68.5 cm³/mol. The Labute approximate surface area is 93.6 Å². The van der Waals surface area contributed by atoms with Gasteiger partial charge in [-0.3, -0.25) is 0 Å². The number of hydrogen-bond donors (Lipinski definition) is 0. The standard InChI is InChI=1S/C14H17P/c1-14(2)12-6-4-3-5-10(12)11-9-15-8-7-13(11)14/h3-8,10-12H,9H2,1-2H3. The molecule has 0 saturated heterocycles. The van der Waals surface area contributed by atoms with Crippen LogP contribution in [0.5, 0.6) is 0 Å². The second kappa shape index (κ2) is 3.19. The van der Waals surface area contributed by atoms with Crippen LogP contribution in [0.2, 0.25) is 0 Å². The van der Waals surface area contributed by atoms with Gasteiger partial charge in [0, 0.05) is 0 Å². The third kappa shape index (κ3) is 1.24. The second-order valence-electron chi connectivity index (χ2n) is 5.34. The minimum atomic E-state index is 0.364. The van der Waals surface area contributed by atoms with Gasteiger partial charge in [0.05, 0.1) is 0 Å². The quantitative estimate of drug-likeness (QED) is 0.542. The largest absolute Gasteiger partial charge is 0.104 e. The van der Waals surface area contributed by atoms with Crippen LogP contribution in [0.3, 0.4) is 0 Å². The van der Waals surface area contributed by atoms with Crippen molar-refractivity contribution in [2.75, 3.05) is 6.16 Å². The van der Waals surface area contributed by atoms with E-state index in [1.165, 1.54) is 14.4 Å². The first kappa shape index (κ1) is 9.60. The highest BCUT2D eigenvalue weighted by Gasteiger charge is 2.49. The molecule has 1 heteroatoms. The van der Waals surface area contributed by atoms with Gasteiger partial charge in [0.15, 0.2) is 0 Å². The lowest BCUT2D eigenvalue weighted by molar-refractivity contribution is 0.324. The van der Waals surface area contributed by atoms with Crippen LogP contribution in [0.25, 0.3) is 0 Å². The molecule has 0 amide bonds. The number of rotatable bonds is 0. The van der Waals surface area contributed by atoms with Crippen molar-refractivity contribution < 1.29 is 0 Å². The molecule has 0 radical (unpaired) electrons. The first-order valence-electron chi connectivity index (χ1n) is 5.77. The minimum Gasteiger partial charge on any atom is -0.104 e. The average Bonchev–Trinajstić information content (AvgIpc) is 2.51. The summed E-state index contributed by atoms with van der Waals surface area (Å²) in [6.07, 6.45) is 13.0. The van der Waals surface area contributed by atoms with Crippen LogP contribution in [0, 0.1) is 23.2 Å². The van der Waals surface area contributed by atoms with Gasteiger partial charge in [0.1, 0.15) is 0 Å². The van der Waals surface area contributed by atoms with Gasteiger partial charge in [-0.2, -0.15) is 0 Å². The zero-order valence-corrected chi connectivity index (χ0v) is 10.2. The first-order chi connectivity index (χ1) is 7.21. The maximum Gasteiger partial charge on any atom is -0.00344 e. The Bertz CT molecular complexity index is 396. The summed E-state index contributed by atoms with van der Waals surface area (Å²) in [5.74, 6) is 4.62. The fourth-order valence-corrected chi connectivity index (χ4v) is 4.53. The van der Waals surface area contributed by atoms with Gasteiger partial charge < -0.3 is 0 Å². The van der Waals surface area contributed by atoms with E-state index in [9.17, 15) is 0 Å². The molecular formula is C14H17P. The van der Waals surface area contributed by atoms with E-state index in [1.54, 1.807) is 5.57 Å². The van der Waals surface area contributed by atoms with Gasteiger partial charge in [-0.1, -0.05) is 49.8 Å². The fourth-order valence-electron chi connectivity index (χ4n) is 3.47. The van der Waals surface area contributed by atoms with Crippen molar-refractivity contribution in [2.24, 2.45) is 23.2 Å². The maximum atomic E-state index is 2.43. The minimum absolute atomic E-state index is 0.364. The molecular weight excluding hydrogens is 199 g/mol. The molecule has 3 rings (SSSR count).